The Kier molecular flexibility index (Phi) is 6.26. The zero-order valence-electron chi connectivity index (χ0n) is 16.1. The monoisotopic (exact) mass is 384 g/mol. The minimum absolute atomic E-state index is 0.00585. The topological polar surface area (TPSA) is 59.4 Å². The highest BCUT2D eigenvalue weighted by Crippen LogP contribution is 2.21. The number of aryl methyl sites for hydroxylation is 1. The standard InChI is InChI=1S/C21H25FN4O2/c1-4-18-19(26(5-2)20(24-18)15(3)22)21(27)23-14-16-7-6-8-17(13-16)25-9-11-28-12-10-25/h5-8,13H,2-4,9-12,14H2,1H3,(H,23,27). The number of anilines is 1. The van der Waals surface area contributed by atoms with Crippen LogP contribution >= 0.6 is 0 Å². The third-order valence-electron chi connectivity index (χ3n) is 4.70. The highest BCUT2D eigenvalue weighted by atomic mass is 19.1. The summed E-state index contributed by atoms with van der Waals surface area (Å²) in [5.41, 5.74) is 2.88. The maximum absolute atomic E-state index is 13.7. The van der Waals surface area contributed by atoms with Crippen LogP contribution < -0.4 is 10.2 Å². The van der Waals surface area contributed by atoms with Crippen molar-refractivity contribution in [3.05, 3.63) is 60.2 Å². The van der Waals surface area contributed by atoms with Crippen molar-refractivity contribution >= 4 is 23.6 Å². The van der Waals surface area contributed by atoms with Crippen LogP contribution in [0.25, 0.3) is 12.0 Å². The summed E-state index contributed by atoms with van der Waals surface area (Å²) >= 11 is 0. The number of halogens is 1. The minimum Gasteiger partial charge on any atom is -0.378 e. The Bertz CT molecular complexity index is 885. The summed E-state index contributed by atoms with van der Waals surface area (Å²) in [5, 5.41) is 2.90. The molecule has 1 aliphatic rings. The van der Waals surface area contributed by atoms with Crippen LogP contribution in [0.5, 0.6) is 0 Å². The smallest absolute Gasteiger partial charge is 0.270 e. The normalized spacial score (nSPS) is 14.0. The summed E-state index contributed by atoms with van der Waals surface area (Å²) < 4.78 is 20.4. The molecule has 6 nitrogen and oxygen atoms in total. The van der Waals surface area contributed by atoms with Gasteiger partial charge < -0.3 is 15.0 Å². The molecule has 1 aromatic heterocycles. The number of nitrogens with zero attached hydrogens (tertiary/aromatic N) is 3. The van der Waals surface area contributed by atoms with Crippen LogP contribution in [0.2, 0.25) is 0 Å². The lowest BCUT2D eigenvalue weighted by Gasteiger charge is -2.29. The Morgan fingerprint density at radius 1 is 1.39 bits per heavy atom. The first-order valence-corrected chi connectivity index (χ1v) is 9.33. The number of rotatable bonds is 7. The number of morpholine rings is 1. The second-order valence-electron chi connectivity index (χ2n) is 6.49. The maximum atomic E-state index is 13.7. The van der Waals surface area contributed by atoms with Gasteiger partial charge in [0.15, 0.2) is 11.7 Å². The van der Waals surface area contributed by atoms with E-state index in [4.69, 9.17) is 4.74 Å². The Morgan fingerprint density at radius 2 is 2.14 bits per heavy atom. The van der Waals surface area contributed by atoms with Gasteiger partial charge in [0.05, 0.1) is 18.9 Å². The molecule has 1 fully saturated rings. The van der Waals surface area contributed by atoms with Crippen molar-refractivity contribution in [1.82, 2.24) is 14.9 Å². The Balaban J connectivity index is 1.76. The van der Waals surface area contributed by atoms with Gasteiger partial charge in [0, 0.05) is 31.5 Å². The fourth-order valence-corrected chi connectivity index (χ4v) is 3.29. The van der Waals surface area contributed by atoms with E-state index in [2.05, 4.69) is 40.5 Å². The van der Waals surface area contributed by atoms with Gasteiger partial charge in [-0.15, -0.1) is 0 Å². The molecule has 28 heavy (non-hydrogen) atoms. The van der Waals surface area contributed by atoms with Gasteiger partial charge in [0.1, 0.15) is 5.69 Å². The van der Waals surface area contributed by atoms with E-state index in [1.54, 1.807) is 0 Å². The first-order valence-electron chi connectivity index (χ1n) is 9.33. The zero-order valence-corrected chi connectivity index (χ0v) is 16.1. The van der Waals surface area contributed by atoms with Gasteiger partial charge in [-0.05, 0) is 24.1 Å². The lowest BCUT2D eigenvalue weighted by Crippen LogP contribution is -2.36. The van der Waals surface area contributed by atoms with Crippen molar-refractivity contribution in [2.45, 2.75) is 19.9 Å². The molecule has 0 spiro atoms. The number of carbonyl (C=O) groups excluding carboxylic acids is 1. The van der Waals surface area contributed by atoms with Crippen LogP contribution in [0.15, 0.2) is 37.4 Å². The molecular formula is C21H25FN4O2. The summed E-state index contributed by atoms with van der Waals surface area (Å²) in [7, 11) is 0. The molecule has 0 aliphatic carbocycles. The fraction of sp³-hybridized carbons (Fsp3) is 0.333. The quantitative estimate of drug-likeness (QED) is 0.796. The molecule has 148 valence electrons. The van der Waals surface area contributed by atoms with Crippen molar-refractivity contribution in [2.75, 3.05) is 31.2 Å². The predicted octanol–water partition coefficient (Wildman–Crippen LogP) is 3.25. The Labute approximate surface area is 164 Å². The van der Waals surface area contributed by atoms with E-state index >= 15 is 0 Å². The van der Waals surface area contributed by atoms with E-state index in [0.29, 0.717) is 31.9 Å². The van der Waals surface area contributed by atoms with Gasteiger partial charge in [0.2, 0.25) is 0 Å². The van der Waals surface area contributed by atoms with Gasteiger partial charge >= 0.3 is 0 Å². The van der Waals surface area contributed by atoms with Crippen molar-refractivity contribution in [1.29, 1.82) is 0 Å². The number of hydrogen-bond acceptors (Lipinski definition) is 4. The summed E-state index contributed by atoms with van der Waals surface area (Å²) in [4.78, 5) is 19.2. The van der Waals surface area contributed by atoms with Gasteiger partial charge in [-0.1, -0.05) is 32.2 Å². The van der Waals surface area contributed by atoms with Crippen LogP contribution in [-0.2, 0) is 17.7 Å². The molecule has 2 heterocycles. The molecule has 2 aromatic rings. The van der Waals surface area contributed by atoms with E-state index in [9.17, 15) is 9.18 Å². The van der Waals surface area contributed by atoms with E-state index in [-0.39, 0.29) is 17.4 Å². The van der Waals surface area contributed by atoms with Crippen molar-refractivity contribution in [2.24, 2.45) is 0 Å². The number of amides is 1. The summed E-state index contributed by atoms with van der Waals surface area (Å²) in [6.07, 6.45) is 1.87. The number of benzene rings is 1. The minimum atomic E-state index is -0.702. The molecule has 1 aromatic carbocycles. The highest BCUT2D eigenvalue weighted by Gasteiger charge is 2.22. The molecule has 0 atom stereocenters. The van der Waals surface area contributed by atoms with Crippen LogP contribution in [0, 0.1) is 0 Å². The zero-order chi connectivity index (χ0) is 20.1. The molecule has 1 amide bonds. The molecule has 1 N–H and O–H groups in total. The van der Waals surface area contributed by atoms with Crippen molar-refractivity contribution in [3.8, 4) is 0 Å². The van der Waals surface area contributed by atoms with Gasteiger partial charge in [-0.3, -0.25) is 9.36 Å². The third-order valence-corrected chi connectivity index (χ3v) is 4.70. The van der Waals surface area contributed by atoms with Crippen LogP contribution in [-0.4, -0.2) is 41.8 Å². The van der Waals surface area contributed by atoms with E-state index < -0.39 is 5.83 Å². The lowest BCUT2D eigenvalue weighted by atomic mass is 10.1. The van der Waals surface area contributed by atoms with E-state index in [0.717, 1.165) is 24.3 Å². The van der Waals surface area contributed by atoms with Gasteiger partial charge in [-0.25, -0.2) is 9.37 Å². The molecular weight excluding hydrogens is 359 g/mol. The van der Waals surface area contributed by atoms with Crippen molar-refractivity contribution in [3.63, 3.8) is 0 Å². The molecule has 0 saturated carbocycles. The summed E-state index contributed by atoms with van der Waals surface area (Å²) in [6.45, 7) is 12.3. The third kappa shape index (κ3) is 4.14. The van der Waals surface area contributed by atoms with Gasteiger partial charge in [0.25, 0.3) is 5.91 Å². The van der Waals surface area contributed by atoms with Crippen LogP contribution in [0.1, 0.15) is 34.5 Å². The summed E-state index contributed by atoms with van der Waals surface area (Å²) in [6, 6.07) is 8.05. The Hall–Kier alpha value is -2.93. The lowest BCUT2D eigenvalue weighted by molar-refractivity contribution is 0.0943. The second-order valence-corrected chi connectivity index (χ2v) is 6.49. The molecule has 1 saturated heterocycles. The average molecular weight is 384 g/mol. The molecule has 0 bridgehead atoms. The summed E-state index contributed by atoms with van der Waals surface area (Å²) in [5.74, 6) is -1.02. The first-order chi connectivity index (χ1) is 13.5. The van der Waals surface area contributed by atoms with Crippen LogP contribution in [0.3, 0.4) is 0 Å². The van der Waals surface area contributed by atoms with Crippen LogP contribution in [0.4, 0.5) is 10.1 Å². The molecule has 0 unspecified atom stereocenters. The number of aromatic nitrogens is 2. The van der Waals surface area contributed by atoms with Crippen molar-refractivity contribution < 1.29 is 13.9 Å². The Morgan fingerprint density at radius 3 is 2.79 bits per heavy atom. The second kappa shape index (κ2) is 8.84. The number of imidazole rings is 1. The maximum Gasteiger partial charge on any atom is 0.270 e. The van der Waals surface area contributed by atoms with E-state index in [1.165, 1.54) is 10.8 Å². The first kappa shape index (κ1) is 19.8. The fourth-order valence-electron chi connectivity index (χ4n) is 3.29. The molecule has 3 rings (SSSR count). The van der Waals surface area contributed by atoms with Gasteiger partial charge in [-0.2, -0.15) is 0 Å². The SMILES string of the molecule is C=Cn1c(C(=C)F)nc(CC)c1C(=O)NCc1cccc(N2CCOCC2)c1. The number of carbonyl (C=O) groups is 1. The average Bonchev–Trinajstić information content (AvgIpc) is 3.12. The molecule has 0 radical (unpaired) electrons. The number of hydrogen-bond donors (Lipinski definition) is 1. The number of ether oxygens (including phenoxy) is 1. The largest absolute Gasteiger partial charge is 0.378 e. The molecule has 1 aliphatic heterocycles. The highest BCUT2D eigenvalue weighted by molar-refractivity contribution is 5.95. The molecule has 7 heteroatoms. The predicted molar refractivity (Wildman–Crippen MR) is 109 cm³/mol. The van der Waals surface area contributed by atoms with E-state index in [1.807, 2.05) is 19.1 Å². The number of nitrogens with one attached hydrogen (secondary N) is 1.